The number of rotatable bonds is 4. The molecule has 1 amide bonds. The van der Waals surface area contributed by atoms with Gasteiger partial charge in [-0.1, -0.05) is 30.2 Å². The van der Waals surface area contributed by atoms with Gasteiger partial charge in [0, 0.05) is 41.4 Å². The molecule has 1 aliphatic heterocycles. The maximum absolute atomic E-state index is 13.8. The van der Waals surface area contributed by atoms with Crippen LogP contribution in [-0.4, -0.2) is 54.8 Å². The maximum atomic E-state index is 13.8. The Balaban J connectivity index is 1.29. The first-order valence-electron chi connectivity index (χ1n) is 15.2. The number of amides is 1. The summed E-state index contributed by atoms with van der Waals surface area (Å²) < 4.78 is 45.6. The highest BCUT2D eigenvalue weighted by atomic mass is 35.5. The van der Waals surface area contributed by atoms with Crippen molar-refractivity contribution in [2.45, 2.75) is 38.4 Å². The van der Waals surface area contributed by atoms with Crippen LogP contribution in [0.15, 0.2) is 78.6 Å². The Morgan fingerprint density at radius 1 is 1.00 bits per heavy atom. The van der Waals surface area contributed by atoms with E-state index < -0.39 is 23.5 Å². The SMILES string of the molecule is C[C@@H]1CCC[C@H](n2cnc(-c3cc(Cl)ccc3-n3cc(C(F)(F)F)nn3)cc2=O)c2cc(ccn2)-c2nn(-c3cncn3C)cc2NC1=O. The third kappa shape index (κ3) is 6.22. The maximum Gasteiger partial charge on any atom is 0.436 e. The van der Waals surface area contributed by atoms with Gasteiger partial charge in [0.1, 0.15) is 5.69 Å². The van der Waals surface area contributed by atoms with Crippen molar-refractivity contribution in [1.29, 1.82) is 0 Å². The van der Waals surface area contributed by atoms with Gasteiger partial charge in [0.25, 0.3) is 5.56 Å². The van der Waals surface area contributed by atoms with E-state index in [4.69, 9.17) is 16.7 Å². The number of nitrogens with one attached hydrogen (secondary N) is 1. The number of benzene rings is 1. The molecule has 0 saturated carbocycles. The zero-order chi connectivity index (χ0) is 34.4. The molecule has 1 aliphatic rings. The summed E-state index contributed by atoms with van der Waals surface area (Å²) in [5.41, 5.74) is 1.35. The van der Waals surface area contributed by atoms with Crippen molar-refractivity contribution in [1.82, 2.24) is 48.9 Å². The Kier molecular flexibility index (Phi) is 8.10. The monoisotopic (exact) mass is 689 g/mol. The first-order chi connectivity index (χ1) is 23.5. The van der Waals surface area contributed by atoms with Crippen LogP contribution < -0.4 is 10.9 Å². The van der Waals surface area contributed by atoms with Gasteiger partial charge in [0.15, 0.2) is 11.5 Å². The highest BCUT2D eigenvalue weighted by molar-refractivity contribution is 6.31. The molecular weight excluding hydrogens is 663 g/mol. The predicted octanol–water partition coefficient (Wildman–Crippen LogP) is 5.49. The molecule has 7 rings (SSSR count). The minimum absolute atomic E-state index is 0.160. The molecule has 13 nitrogen and oxygen atoms in total. The first-order valence-corrected chi connectivity index (χ1v) is 15.6. The van der Waals surface area contributed by atoms with Crippen molar-refractivity contribution in [3.8, 4) is 34.0 Å². The lowest BCUT2D eigenvalue weighted by molar-refractivity contribution is -0.141. The minimum Gasteiger partial charge on any atom is -0.323 e. The molecule has 0 fully saturated rings. The topological polar surface area (TPSA) is 143 Å². The largest absolute Gasteiger partial charge is 0.436 e. The lowest BCUT2D eigenvalue weighted by atomic mass is 9.97. The molecule has 2 bridgehead atoms. The van der Waals surface area contributed by atoms with Crippen LogP contribution in [-0.2, 0) is 18.0 Å². The molecular formula is C32H27ClF3N11O2. The molecule has 0 aliphatic carbocycles. The van der Waals surface area contributed by atoms with Crippen LogP contribution in [0.1, 0.15) is 43.6 Å². The number of halogens is 4. The van der Waals surface area contributed by atoms with Gasteiger partial charge in [0.05, 0.1) is 60.0 Å². The summed E-state index contributed by atoms with van der Waals surface area (Å²) >= 11 is 6.26. The number of carbonyl (C=O) groups excluding carboxylic acids is 1. The predicted molar refractivity (Wildman–Crippen MR) is 172 cm³/mol. The quantitative estimate of drug-likeness (QED) is 0.256. The number of aryl methyl sites for hydroxylation is 1. The Morgan fingerprint density at radius 2 is 1.84 bits per heavy atom. The average molecular weight is 690 g/mol. The number of aromatic nitrogens is 10. The number of pyridine rings is 1. The van der Waals surface area contributed by atoms with Crippen molar-refractivity contribution < 1.29 is 18.0 Å². The smallest absolute Gasteiger partial charge is 0.323 e. The van der Waals surface area contributed by atoms with E-state index in [1.807, 2.05) is 20.0 Å². The Labute approximate surface area is 281 Å². The van der Waals surface area contributed by atoms with Crippen LogP contribution in [0, 0.1) is 5.92 Å². The number of carbonyl (C=O) groups is 1. The van der Waals surface area contributed by atoms with E-state index in [9.17, 15) is 22.8 Å². The summed E-state index contributed by atoms with van der Waals surface area (Å²) in [5.74, 6) is 0.191. The van der Waals surface area contributed by atoms with E-state index in [0.717, 1.165) is 10.9 Å². The van der Waals surface area contributed by atoms with Crippen molar-refractivity contribution >= 4 is 23.2 Å². The van der Waals surface area contributed by atoms with Gasteiger partial charge in [0.2, 0.25) is 5.91 Å². The minimum atomic E-state index is -4.69. The lowest BCUT2D eigenvalue weighted by Gasteiger charge is -2.22. The first kappa shape index (κ1) is 31.9. The second-order valence-corrected chi connectivity index (χ2v) is 12.2. The molecule has 6 aromatic rings. The van der Waals surface area contributed by atoms with E-state index >= 15 is 0 Å². The molecule has 0 saturated heterocycles. The van der Waals surface area contributed by atoms with Crippen LogP contribution in [0.25, 0.3) is 34.0 Å². The summed E-state index contributed by atoms with van der Waals surface area (Å²) in [4.78, 5) is 40.4. The summed E-state index contributed by atoms with van der Waals surface area (Å²) in [7, 11) is 1.84. The normalized spacial score (nSPS) is 16.8. The van der Waals surface area contributed by atoms with Gasteiger partial charge in [-0.05, 0) is 43.2 Å². The van der Waals surface area contributed by atoms with E-state index in [1.54, 1.807) is 40.2 Å². The summed E-state index contributed by atoms with van der Waals surface area (Å²) in [6.45, 7) is 1.84. The Morgan fingerprint density at radius 3 is 2.57 bits per heavy atom. The second-order valence-electron chi connectivity index (χ2n) is 11.7. The van der Waals surface area contributed by atoms with Crippen molar-refractivity contribution in [3.05, 3.63) is 101 Å². The third-order valence-electron chi connectivity index (χ3n) is 8.39. The van der Waals surface area contributed by atoms with E-state index in [2.05, 4.69) is 30.6 Å². The summed E-state index contributed by atoms with van der Waals surface area (Å²) in [5, 5.41) is 15.0. The standard InChI is InChI=1S/C32H27ClF3N11O2/c1-18-4-3-5-26(23-10-19(8-9-38-23)30-24(40-31(18)49)14-47(42-30)28-13-37-16-44(28)2)45-17-39-22(12-29(45)48)21-11-20(33)6-7-25(21)46-15-27(41-43-46)32(34,35)36/h6-18,26H,3-5H2,1-2H3,(H,40,49)/t18-,26+/m1/s1. The van der Waals surface area contributed by atoms with Gasteiger partial charge >= 0.3 is 6.18 Å². The highest BCUT2D eigenvalue weighted by Gasteiger charge is 2.35. The molecule has 5 aromatic heterocycles. The molecule has 1 aromatic carbocycles. The lowest BCUT2D eigenvalue weighted by Crippen LogP contribution is -2.27. The second kappa shape index (κ2) is 12.4. The molecule has 0 radical (unpaired) electrons. The molecule has 49 heavy (non-hydrogen) atoms. The Hall–Kier alpha value is -5.64. The number of hydrogen-bond donors (Lipinski definition) is 1. The number of anilines is 1. The van der Waals surface area contributed by atoms with Gasteiger partial charge in [-0.2, -0.15) is 18.3 Å². The fourth-order valence-electron chi connectivity index (χ4n) is 5.79. The average Bonchev–Trinajstić information content (AvgIpc) is 3.83. The number of hydrogen-bond acceptors (Lipinski definition) is 8. The fourth-order valence-corrected chi connectivity index (χ4v) is 5.97. The molecule has 2 atom stereocenters. The van der Waals surface area contributed by atoms with Crippen molar-refractivity contribution in [2.24, 2.45) is 13.0 Å². The number of alkyl halides is 3. The van der Waals surface area contributed by atoms with Crippen molar-refractivity contribution in [3.63, 3.8) is 0 Å². The molecule has 0 unspecified atom stereocenters. The third-order valence-corrected chi connectivity index (χ3v) is 8.63. The van der Waals surface area contributed by atoms with Crippen LogP contribution >= 0.6 is 11.6 Å². The van der Waals surface area contributed by atoms with Gasteiger partial charge in [-0.15, -0.1) is 5.10 Å². The number of imidazole rings is 1. The molecule has 0 spiro atoms. The van der Waals surface area contributed by atoms with Gasteiger partial charge in [-0.3, -0.25) is 19.1 Å². The van der Waals surface area contributed by atoms with E-state index in [0.29, 0.717) is 47.7 Å². The number of nitrogens with zero attached hydrogens (tertiary/aromatic N) is 10. The molecule has 250 valence electrons. The number of fused-ring (bicyclic) bond motifs is 4. The van der Waals surface area contributed by atoms with Gasteiger partial charge in [-0.25, -0.2) is 19.3 Å². The highest BCUT2D eigenvalue weighted by Crippen LogP contribution is 2.34. The van der Waals surface area contributed by atoms with E-state index in [-0.39, 0.29) is 33.8 Å². The van der Waals surface area contributed by atoms with E-state index in [1.165, 1.54) is 35.2 Å². The Bertz CT molecular complexity index is 2250. The molecule has 1 N–H and O–H groups in total. The van der Waals surface area contributed by atoms with Crippen molar-refractivity contribution in [2.75, 3.05) is 5.32 Å². The van der Waals surface area contributed by atoms with Crippen LogP contribution in [0.4, 0.5) is 18.9 Å². The van der Waals surface area contributed by atoms with Crippen LogP contribution in [0.5, 0.6) is 0 Å². The molecule has 6 heterocycles. The van der Waals surface area contributed by atoms with Crippen LogP contribution in [0.2, 0.25) is 5.02 Å². The van der Waals surface area contributed by atoms with Gasteiger partial charge < -0.3 is 9.88 Å². The summed E-state index contributed by atoms with van der Waals surface area (Å²) in [6, 6.07) is 8.80. The molecule has 17 heteroatoms. The van der Waals surface area contributed by atoms with Crippen LogP contribution in [0.3, 0.4) is 0 Å². The zero-order valence-corrected chi connectivity index (χ0v) is 26.8. The summed E-state index contributed by atoms with van der Waals surface area (Å²) in [6.07, 6.45) is 5.71. The zero-order valence-electron chi connectivity index (χ0n) is 26.0. The fraction of sp³-hybridized carbons (Fsp3) is 0.250.